The Morgan fingerprint density at radius 1 is 1.00 bits per heavy atom. The Morgan fingerprint density at radius 3 is 2.49 bits per heavy atom. The minimum Gasteiger partial charge on any atom is -0.496 e. The Labute approximate surface area is 216 Å². The predicted molar refractivity (Wildman–Crippen MR) is 147 cm³/mol. The highest BCUT2D eigenvalue weighted by Gasteiger charge is 2.18. The number of nitrogens with zero attached hydrogens (tertiary/aromatic N) is 3. The molecule has 1 amide bonds. The Balaban J connectivity index is 1.50. The highest BCUT2D eigenvalue weighted by molar-refractivity contribution is 6.07. The van der Waals surface area contributed by atoms with Crippen molar-refractivity contribution >= 4 is 16.8 Å². The van der Waals surface area contributed by atoms with E-state index < -0.39 is 0 Å². The van der Waals surface area contributed by atoms with E-state index >= 15 is 0 Å². The maximum atomic E-state index is 13.4. The third-order valence-corrected chi connectivity index (χ3v) is 6.68. The predicted octanol–water partition coefficient (Wildman–Crippen LogP) is 6.46. The second kappa shape index (κ2) is 10.3. The molecule has 5 rings (SSSR count). The lowest BCUT2D eigenvalue weighted by Crippen LogP contribution is -2.23. The summed E-state index contributed by atoms with van der Waals surface area (Å²) in [4.78, 5) is 18.3. The van der Waals surface area contributed by atoms with Crippen LogP contribution in [0.25, 0.3) is 27.8 Å². The summed E-state index contributed by atoms with van der Waals surface area (Å²) in [6.07, 6.45) is 1.82. The summed E-state index contributed by atoms with van der Waals surface area (Å²) in [5.41, 5.74) is 7.08. The minimum absolute atomic E-state index is 0.167. The van der Waals surface area contributed by atoms with Gasteiger partial charge in [-0.1, -0.05) is 62.4 Å². The van der Waals surface area contributed by atoms with Crippen molar-refractivity contribution in [2.45, 2.75) is 33.2 Å². The zero-order chi connectivity index (χ0) is 25.9. The highest BCUT2D eigenvalue weighted by Crippen LogP contribution is 2.29. The lowest BCUT2D eigenvalue weighted by molar-refractivity contribution is 0.0952. The zero-order valence-electron chi connectivity index (χ0n) is 21.5. The van der Waals surface area contributed by atoms with Crippen LogP contribution in [0.1, 0.15) is 46.9 Å². The van der Waals surface area contributed by atoms with E-state index in [0.29, 0.717) is 23.7 Å². The molecule has 0 unspecified atom stereocenters. The van der Waals surface area contributed by atoms with Crippen LogP contribution in [0.15, 0.2) is 85.1 Å². The van der Waals surface area contributed by atoms with Gasteiger partial charge in [-0.15, -0.1) is 0 Å². The van der Waals surface area contributed by atoms with Crippen molar-refractivity contribution in [3.63, 3.8) is 0 Å². The molecular formula is C31H30N4O2. The van der Waals surface area contributed by atoms with E-state index in [-0.39, 0.29) is 5.91 Å². The van der Waals surface area contributed by atoms with Gasteiger partial charge >= 0.3 is 0 Å². The van der Waals surface area contributed by atoms with E-state index in [4.69, 9.17) is 9.72 Å². The van der Waals surface area contributed by atoms with Gasteiger partial charge < -0.3 is 10.1 Å². The first-order valence-corrected chi connectivity index (χ1v) is 12.4. The monoisotopic (exact) mass is 490 g/mol. The van der Waals surface area contributed by atoms with Crippen molar-refractivity contribution in [1.29, 1.82) is 0 Å². The molecule has 0 fully saturated rings. The van der Waals surface area contributed by atoms with Crippen molar-refractivity contribution in [2.24, 2.45) is 0 Å². The molecule has 0 aliphatic heterocycles. The van der Waals surface area contributed by atoms with Crippen LogP contribution >= 0.6 is 0 Å². The second-order valence-corrected chi connectivity index (χ2v) is 9.37. The number of carbonyl (C=O) groups is 1. The van der Waals surface area contributed by atoms with Gasteiger partial charge in [0.1, 0.15) is 5.75 Å². The van der Waals surface area contributed by atoms with Crippen molar-refractivity contribution in [3.8, 4) is 22.7 Å². The van der Waals surface area contributed by atoms with Crippen LogP contribution in [0.5, 0.6) is 5.75 Å². The van der Waals surface area contributed by atoms with Crippen molar-refractivity contribution in [1.82, 2.24) is 20.1 Å². The summed E-state index contributed by atoms with van der Waals surface area (Å²) in [7, 11) is 1.63. The first-order chi connectivity index (χ1) is 18.0. The third-order valence-electron chi connectivity index (χ3n) is 6.68. The number of aromatic nitrogens is 3. The zero-order valence-corrected chi connectivity index (χ0v) is 21.5. The van der Waals surface area contributed by atoms with Gasteiger partial charge in [0.25, 0.3) is 5.91 Å². The quantitative estimate of drug-likeness (QED) is 0.284. The summed E-state index contributed by atoms with van der Waals surface area (Å²) in [5, 5.41) is 8.51. The molecular weight excluding hydrogens is 460 g/mol. The van der Waals surface area contributed by atoms with Crippen LogP contribution in [0.2, 0.25) is 0 Å². The van der Waals surface area contributed by atoms with E-state index in [0.717, 1.165) is 39.2 Å². The molecule has 1 N–H and O–H groups in total. The van der Waals surface area contributed by atoms with E-state index in [2.05, 4.69) is 48.5 Å². The average molecular weight is 491 g/mol. The average Bonchev–Trinajstić information content (AvgIpc) is 3.32. The van der Waals surface area contributed by atoms with E-state index in [1.54, 1.807) is 7.11 Å². The number of nitrogens with one attached hydrogen (secondary N) is 1. The molecule has 0 aliphatic carbocycles. The molecule has 186 valence electrons. The molecule has 5 aromatic rings. The number of benzene rings is 3. The summed E-state index contributed by atoms with van der Waals surface area (Å²) in [5.74, 6) is 1.05. The van der Waals surface area contributed by atoms with Crippen LogP contribution in [0.4, 0.5) is 0 Å². The number of carbonyl (C=O) groups excluding carboxylic acids is 1. The lowest BCUT2D eigenvalue weighted by Gasteiger charge is -2.12. The number of para-hydroxylation sites is 2. The van der Waals surface area contributed by atoms with Crippen LogP contribution in [0, 0.1) is 6.92 Å². The number of pyridine rings is 1. The van der Waals surface area contributed by atoms with Gasteiger partial charge in [0.15, 0.2) is 0 Å². The molecule has 3 aromatic carbocycles. The van der Waals surface area contributed by atoms with Crippen molar-refractivity contribution < 1.29 is 9.53 Å². The van der Waals surface area contributed by atoms with Gasteiger partial charge in [-0.25, -0.2) is 9.67 Å². The number of hydrogen-bond acceptors (Lipinski definition) is 4. The Hall–Kier alpha value is -4.45. The molecule has 0 saturated carbocycles. The smallest absolute Gasteiger partial charge is 0.252 e. The molecule has 6 nitrogen and oxygen atoms in total. The molecule has 0 radical (unpaired) electrons. The molecule has 0 spiro atoms. The van der Waals surface area contributed by atoms with Gasteiger partial charge in [0.05, 0.1) is 41.5 Å². The lowest BCUT2D eigenvalue weighted by atomic mass is 10.0. The van der Waals surface area contributed by atoms with Crippen LogP contribution in [-0.4, -0.2) is 27.8 Å². The number of fused-ring (bicyclic) bond motifs is 1. The number of ether oxygens (including phenoxy) is 1. The number of methoxy groups -OCH3 is 1. The first kappa shape index (κ1) is 24.3. The van der Waals surface area contributed by atoms with Gasteiger partial charge in [-0.05, 0) is 48.7 Å². The van der Waals surface area contributed by atoms with E-state index in [1.807, 2.05) is 72.4 Å². The normalized spacial score (nSPS) is 11.2. The Kier molecular flexibility index (Phi) is 6.73. The molecule has 0 saturated heterocycles. The van der Waals surface area contributed by atoms with E-state index in [9.17, 15) is 4.79 Å². The van der Waals surface area contributed by atoms with Crippen LogP contribution in [-0.2, 0) is 6.54 Å². The molecule has 0 aliphatic rings. The summed E-state index contributed by atoms with van der Waals surface area (Å²) in [6.45, 7) is 6.75. The van der Waals surface area contributed by atoms with Gasteiger partial charge in [0, 0.05) is 23.1 Å². The second-order valence-electron chi connectivity index (χ2n) is 9.37. The fourth-order valence-corrected chi connectivity index (χ4v) is 4.54. The van der Waals surface area contributed by atoms with Gasteiger partial charge in [-0.3, -0.25) is 4.79 Å². The first-order valence-electron chi connectivity index (χ1n) is 12.4. The molecule has 0 atom stereocenters. The molecule has 37 heavy (non-hydrogen) atoms. The SMILES string of the molecule is COc1ccccc1CNC(=O)c1cc(-c2cnn(-c3ccc(C(C)C)cc3)c2C)nc2ccccc12. The van der Waals surface area contributed by atoms with E-state index in [1.165, 1.54) is 5.56 Å². The fraction of sp³-hybridized carbons (Fsp3) is 0.194. The highest BCUT2D eigenvalue weighted by atomic mass is 16.5. The van der Waals surface area contributed by atoms with Crippen LogP contribution in [0.3, 0.4) is 0 Å². The Morgan fingerprint density at radius 2 is 1.73 bits per heavy atom. The van der Waals surface area contributed by atoms with Gasteiger partial charge in [-0.2, -0.15) is 5.10 Å². The number of rotatable bonds is 7. The number of amides is 1. The van der Waals surface area contributed by atoms with Crippen molar-refractivity contribution in [2.75, 3.05) is 7.11 Å². The molecule has 2 aromatic heterocycles. The Bertz CT molecular complexity index is 1570. The van der Waals surface area contributed by atoms with Crippen molar-refractivity contribution in [3.05, 3.63) is 107 Å². The largest absolute Gasteiger partial charge is 0.496 e. The summed E-state index contributed by atoms with van der Waals surface area (Å²) in [6, 6.07) is 25.7. The molecule has 6 heteroatoms. The topological polar surface area (TPSA) is 69.0 Å². The maximum absolute atomic E-state index is 13.4. The number of hydrogen-bond donors (Lipinski definition) is 1. The van der Waals surface area contributed by atoms with Gasteiger partial charge in [0.2, 0.25) is 0 Å². The standard InChI is InChI=1S/C31H30N4O2/c1-20(2)22-13-15-24(16-14-22)35-21(3)27(19-33-35)29-17-26(25-10-6-7-11-28(25)34-29)31(36)32-18-23-9-5-8-12-30(23)37-4/h5-17,19-20H,18H2,1-4H3,(H,32,36). The maximum Gasteiger partial charge on any atom is 0.252 e. The molecule has 0 bridgehead atoms. The minimum atomic E-state index is -0.167. The van der Waals surface area contributed by atoms with Crippen LogP contribution < -0.4 is 10.1 Å². The molecule has 2 heterocycles. The summed E-state index contributed by atoms with van der Waals surface area (Å²) >= 11 is 0. The fourth-order valence-electron chi connectivity index (χ4n) is 4.54. The summed E-state index contributed by atoms with van der Waals surface area (Å²) < 4.78 is 7.34. The third kappa shape index (κ3) is 4.83.